The maximum Gasteiger partial charge on any atom is 0.197 e. The van der Waals surface area contributed by atoms with E-state index in [2.05, 4.69) is 30.9 Å². The van der Waals surface area contributed by atoms with E-state index in [1.54, 1.807) is 30.6 Å². The molecule has 0 spiro atoms. The summed E-state index contributed by atoms with van der Waals surface area (Å²) in [6, 6.07) is 7.21. The van der Waals surface area contributed by atoms with Gasteiger partial charge in [0, 0.05) is 49.4 Å². The first kappa shape index (κ1) is 15.4. The van der Waals surface area contributed by atoms with Gasteiger partial charge in [0.05, 0.1) is 5.69 Å². The number of fused-ring (bicyclic) bond motifs is 1. The standard InChI is InChI=1S/C20H18FN5/c21-16-8-14(13-2-3-13)9-17(10-16)26-7-4-18-15(12-26)11-24-20(25-18)19-22-5-1-6-23-19/h1,5-6,8-11,13H,2-4,7,12H2. The maximum absolute atomic E-state index is 14.0. The molecule has 5 nitrogen and oxygen atoms in total. The Morgan fingerprint density at radius 1 is 1.00 bits per heavy atom. The Labute approximate surface area is 151 Å². The fourth-order valence-electron chi connectivity index (χ4n) is 3.49. The van der Waals surface area contributed by atoms with E-state index in [-0.39, 0.29) is 5.82 Å². The van der Waals surface area contributed by atoms with E-state index >= 15 is 0 Å². The zero-order chi connectivity index (χ0) is 17.5. The quantitative estimate of drug-likeness (QED) is 0.726. The first-order valence-electron chi connectivity index (χ1n) is 8.94. The van der Waals surface area contributed by atoms with Gasteiger partial charge in [-0.25, -0.2) is 24.3 Å². The molecule has 1 aromatic carbocycles. The van der Waals surface area contributed by atoms with Crippen molar-refractivity contribution in [3.05, 3.63) is 65.5 Å². The predicted octanol–water partition coefficient (Wildman–Crippen LogP) is 3.51. The van der Waals surface area contributed by atoms with E-state index < -0.39 is 0 Å². The van der Waals surface area contributed by atoms with Gasteiger partial charge in [0.25, 0.3) is 0 Å². The third kappa shape index (κ3) is 2.92. The van der Waals surface area contributed by atoms with Gasteiger partial charge in [-0.05, 0) is 48.6 Å². The Bertz CT molecular complexity index is 956. The largest absolute Gasteiger partial charge is 0.367 e. The minimum Gasteiger partial charge on any atom is -0.367 e. The first-order valence-corrected chi connectivity index (χ1v) is 8.94. The number of hydrogen-bond acceptors (Lipinski definition) is 5. The van der Waals surface area contributed by atoms with Gasteiger partial charge in [-0.2, -0.15) is 0 Å². The zero-order valence-electron chi connectivity index (χ0n) is 14.3. The van der Waals surface area contributed by atoms with Crippen LogP contribution in [0.5, 0.6) is 0 Å². The summed E-state index contributed by atoms with van der Waals surface area (Å²) < 4.78 is 14.0. The van der Waals surface area contributed by atoms with E-state index in [9.17, 15) is 4.39 Å². The molecule has 0 radical (unpaired) electrons. The lowest BCUT2D eigenvalue weighted by Crippen LogP contribution is -2.31. The molecule has 2 aromatic heterocycles. The molecule has 1 aliphatic carbocycles. The minimum atomic E-state index is -0.150. The molecule has 1 aliphatic heterocycles. The fourth-order valence-corrected chi connectivity index (χ4v) is 3.49. The molecule has 0 atom stereocenters. The fraction of sp³-hybridized carbons (Fsp3) is 0.300. The van der Waals surface area contributed by atoms with Crippen LogP contribution >= 0.6 is 0 Å². The lowest BCUT2D eigenvalue weighted by Gasteiger charge is -2.30. The van der Waals surface area contributed by atoms with Crippen molar-refractivity contribution in [1.29, 1.82) is 0 Å². The molecule has 2 aliphatic rings. The minimum absolute atomic E-state index is 0.150. The highest BCUT2D eigenvalue weighted by atomic mass is 19.1. The van der Waals surface area contributed by atoms with Gasteiger partial charge in [-0.1, -0.05) is 0 Å². The Morgan fingerprint density at radius 3 is 2.65 bits per heavy atom. The van der Waals surface area contributed by atoms with Crippen LogP contribution in [-0.4, -0.2) is 26.5 Å². The number of rotatable bonds is 3. The van der Waals surface area contributed by atoms with Gasteiger partial charge in [0.2, 0.25) is 0 Å². The molecular weight excluding hydrogens is 329 g/mol. The summed E-state index contributed by atoms with van der Waals surface area (Å²) in [4.78, 5) is 19.7. The number of anilines is 1. The molecule has 6 heteroatoms. The summed E-state index contributed by atoms with van der Waals surface area (Å²) in [7, 11) is 0. The van der Waals surface area contributed by atoms with Gasteiger partial charge in [0.15, 0.2) is 11.6 Å². The predicted molar refractivity (Wildman–Crippen MR) is 96.2 cm³/mol. The number of benzene rings is 1. The Morgan fingerprint density at radius 2 is 1.85 bits per heavy atom. The normalized spacial score (nSPS) is 16.4. The number of hydrogen-bond donors (Lipinski definition) is 0. The second-order valence-electron chi connectivity index (χ2n) is 6.93. The van der Waals surface area contributed by atoms with E-state index in [1.165, 1.54) is 12.8 Å². The first-order chi connectivity index (χ1) is 12.8. The average molecular weight is 347 g/mol. The van der Waals surface area contributed by atoms with Gasteiger partial charge >= 0.3 is 0 Å². The van der Waals surface area contributed by atoms with Gasteiger partial charge in [-0.15, -0.1) is 0 Å². The summed E-state index contributed by atoms with van der Waals surface area (Å²) in [6.07, 6.45) is 8.37. The molecule has 0 unspecified atom stereocenters. The third-order valence-electron chi connectivity index (χ3n) is 5.02. The number of halogens is 1. The van der Waals surface area contributed by atoms with Crippen molar-refractivity contribution < 1.29 is 4.39 Å². The van der Waals surface area contributed by atoms with Gasteiger partial charge in [0.1, 0.15) is 5.82 Å². The van der Waals surface area contributed by atoms with Crippen molar-refractivity contribution in [2.45, 2.75) is 31.7 Å². The summed E-state index contributed by atoms with van der Waals surface area (Å²) >= 11 is 0. The Hall–Kier alpha value is -2.89. The molecule has 130 valence electrons. The third-order valence-corrected chi connectivity index (χ3v) is 5.02. The van der Waals surface area contributed by atoms with Crippen LogP contribution in [0.15, 0.2) is 42.9 Å². The van der Waals surface area contributed by atoms with Crippen molar-refractivity contribution in [3.63, 3.8) is 0 Å². The average Bonchev–Trinajstić information content (AvgIpc) is 3.53. The van der Waals surface area contributed by atoms with Crippen LogP contribution in [0.2, 0.25) is 0 Å². The van der Waals surface area contributed by atoms with E-state index in [4.69, 9.17) is 0 Å². The van der Waals surface area contributed by atoms with Crippen molar-refractivity contribution in [3.8, 4) is 11.6 Å². The van der Waals surface area contributed by atoms with Crippen molar-refractivity contribution in [2.24, 2.45) is 0 Å². The Kier molecular flexibility index (Phi) is 3.62. The highest BCUT2D eigenvalue weighted by Gasteiger charge is 2.26. The summed E-state index contributed by atoms with van der Waals surface area (Å²) in [5.74, 6) is 1.48. The molecule has 0 N–H and O–H groups in total. The number of nitrogens with zero attached hydrogens (tertiary/aromatic N) is 5. The molecule has 3 heterocycles. The van der Waals surface area contributed by atoms with Crippen LogP contribution in [0, 0.1) is 5.82 Å². The maximum atomic E-state index is 14.0. The van der Waals surface area contributed by atoms with E-state index in [0.717, 1.165) is 35.5 Å². The van der Waals surface area contributed by atoms with E-state index in [0.29, 0.717) is 24.1 Å². The number of aromatic nitrogens is 4. The molecular formula is C20H18FN5. The summed E-state index contributed by atoms with van der Waals surface area (Å²) in [5.41, 5.74) is 4.18. The monoisotopic (exact) mass is 347 g/mol. The molecule has 0 bridgehead atoms. The topological polar surface area (TPSA) is 54.8 Å². The van der Waals surface area contributed by atoms with Crippen LogP contribution in [0.4, 0.5) is 10.1 Å². The molecule has 5 rings (SSSR count). The van der Waals surface area contributed by atoms with E-state index in [1.807, 2.05) is 6.20 Å². The summed E-state index contributed by atoms with van der Waals surface area (Å²) in [5, 5.41) is 0. The zero-order valence-corrected chi connectivity index (χ0v) is 14.3. The van der Waals surface area contributed by atoms with Crippen LogP contribution in [0.3, 0.4) is 0 Å². The summed E-state index contributed by atoms with van der Waals surface area (Å²) in [6.45, 7) is 1.51. The molecule has 0 amide bonds. The molecule has 26 heavy (non-hydrogen) atoms. The SMILES string of the molecule is Fc1cc(C2CC2)cc(N2CCc3nc(-c4ncccn4)ncc3C2)c1. The lowest BCUT2D eigenvalue weighted by molar-refractivity contribution is 0.622. The van der Waals surface area contributed by atoms with Gasteiger partial charge in [-0.3, -0.25) is 0 Å². The Balaban J connectivity index is 1.42. The highest BCUT2D eigenvalue weighted by molar-refractivity contribution is 5.53. The lowest BCUT2D eigenvalue weighted by atomic mass is 10.0. The second-order valence-corrected chi connectivity index (χ2v) is 6.93. The van der Waals surface area contributed by atoms with Crippen molar-refractivity contribution >= 4 is 5.69 Å². The highest BCUT2D eigenvalue weighted by Crippen LogP contribution is 2.41. The molecule has 1 fully saturated rings. The van der Waals surface area contributed by atoms with Crippen LogP contribution in [0.1, 0.15) is 35.6 Å². The van der Waals surface area contributed by atoms with Gasteiger partial charge < -0.3 is 4.90 Å². The van der Waals surface area contributed by atoms with Crippen LogP contribution in [0.25, 0.3) is 11.6 Å². The van der Waals surface area contributed by atoms with Crippen molar-refractivity contribution in [1.82, 2.24) is 19.9 Å². The smallest absolute Gasteiger partial charge is 0.197 e. The second kappa shape index (κ2) is 6.12. The molecule has 1 saturated carbocycles. The molecule has 3 aromatic rings. The van der Waals surface area contributed by atoms with Crippen LogP contribution < -0.4 is 4.90 Å². The van der Waals surface area contributed by atoms with Crippen LogP contribution in [-0.2, 0) is 13.0 Å². The van der Waals surface area contributed by atoms with Crippen molar-refractivity contribution in [2.75, 3.05) is 11.4 Å². The molecule has 0 saturated heterocycles.